The molecule has 0 bridgehead atoms. The predicted molar refractivity (Wildman–Crippen MR) is 79.6 cm³/mol. The van der Waals surface area contributed by atoms with E-state index in [4.69, 9.17) is 15.0 Å². The van der Waals surface area contributed by atoms with Crippen LogP contribution in [-0.4, -0.2) is 44.1 Å². The molecule has 1 fully saturated rings. The van der Waals surface area contributed by atoms with Crippen LogP contribution in [0.15, 0.2) is 12.7 Å². The van der Waals surface area contributed by atoms with E-state index in [0.717, 1.165) is 12.8 Å². The highest BCUT2D eigenvalue weighted by Gasteiger charge is 2.28. The number of hydrogen-bond donors (Lipinski definition) is 2. The maximum Gasteiger partial charge on any atom is 0.217 e. The van der Waals surface area contributed by atoms with E-state index in [1.54, 1.807) is 20.1 Å². The molecule has 3 N–H and O–H groups in total. The first-order valence-electron chi connectivity index (χ1n) is 6.68. The lowest BCUT2D eigenvalue weighted by atomic mass is 10.2. The van der Waals surface area contributed by atoms with E-state index in [1.165, 1.54) is 6.33 Å². The number of rotatable bonds is 5. The average Bonchev–Trinajstić information content (AvgIpc) is 3.11. The minimum absolute atomic E-state index is 0.0382. The molecule has 0 amide bonds. The molecule has 1 radical (unpaired) electrons. The summed E-state index contributed by atoms with van der Waals surface area (Å²) in [6, 6.07) is 0. The Morgan fingerprint density at radius 2 is 2.38 bits per heavy atom. The molecule has 2 aromatic rings. The largest absolute Gasteiger partial charge is 0.382 e. The summed E-state index contributed by atoms with van der Waals surface area (Å²) in [6.07, 6.45) is 4.60. The van der Waals surface area contributed by atoms with Crippen molar-refractivity contribution in [3.05, 3.63) is 12.7 Å². The number of ether oxygens (including phenoxy) is 1. The highest BCUT2D eigenvalue weighted by atomic mass is 31.2. The SMILES string of the molecule is C[B]P(O)OCC1CCC(n2cnc3c(N)ncnc32)O1. The molecular formula is C11H16BN5O3P. The molecule has 10 heteroatoms. The van der Waals surface area contributed by atoms with Gasteiger partial charge >= 0.3 is 0 Å². The lowest BCUT2D eigenvalue weighted by Crippen LogP contribution is -2.16. The summed E-state index contributed by atoms with van der Waals surface area (Å²) in [4.78, 5) is 21.8. The van der Waals surface area contributed by atoms with E-state index >= 15 is 0 Å². The van der Waals surface area contributed by atoms with E-state index in [0.29, 0.717) is 23.6 Å². The molecule has 1 saturated heterocycles. The minimum atomic E-state index is -1.45. The van der Waals surface area contributed by atoms with Crippen molar-refractivity contribution in [2.45, 2.75) is 32.0 Å². The van der Waals surface area contributed by atoms with Crippen LogP contribution in [0.1, 0.15) is 19.1 Å². The van der Waals surface area contributed by atoms with Crippen molar-refractivity contribution in [2.75, 3.05) is 12.3 Å². The number of nitrogen functional groups attached to an aromatic ring is 1. The molecule has 0 aliphatic carbocycles. The number of nitrogens with zero attached hydrogens (tertiary/aromatic N) is 4. The van der Waals surface area contributed by atoms with Gasteiger partial charge in [0.15, 0.2) is 11.5 Å². The van der Waals surface area contributed by atoms with E-state index in [-0.39, 0.29) is 12.3 Å². The predicted octanol–water partition coefficient (Wildman–Crippen LogP) is 1.07. The monoisotopic (exact) mass is 308 g/mol. The minimum Gasteiger partial charge on any atom is -0.382 e. The number of aromatic nitrogens is 4. The zero-order valence-electron chi connectivity index (χ0n) is 11.6. The lowest BCUT2D eigenvalue weighted by molar-refractivity contribution is -0.0151. The molecule has 3 unspecified atom stereocenters. The van der Waals surface area contributed by atoms with Gasteiger partial charge in [0.2, 0.25) is 7.00 Å². The van der Waals surface area contributed by atoms with Crippen molar-refractivity contribution < 1.29 is 14.2 Å². The fraction of sp³-hybridized carbons (Fsp3) is 0.545. The van der Waals surface area contributed by atoms with E-state index in [9.17, 15) is 4.89 Å². The first kappa shape index (κ1) is 14.7. The zero-order chi connectivity index (χ0) is 14.8. The van der Waals surface area contributed by atoms with Crippen molar-refractivity contribution in [1.82, 2.24) is 19.5 Å². The second-order valence-corrected chi connectivity index (χ2v) is 6.11. The third-order valence-electron chi connectivity index (χ3n) is 3.40. The van der Waals surface area contributed by atoms with Gasteiger partial charge in [-0.25, -0.2) is 15.0 Å². The Morgan fingerprint density at radius 3 is 3.19 bits per heavy atom. The zero-order valence-corrected chi connectivity index (χ0v) is 12.5. The number of fused-ring (bicyclic) bond motifs is 1. The fourth-order valence-electron chi connectivity index (χ4n) is 2.33. The second kappa shape index (κ2) is 6.23. The van der Waals surface area contributed by atoms with E-state index < -0.39 is 8.25 Å². The van der Waals surface area contributed by atoms with Gasteiger partial charge in [0, 0.05) is 0 Å². The summed E-state index contributed by atoms with van der Waals surface area (Å²) in [7, 11) is -1.45. The molecule has 0 saturated carbocycles. The number of anilines is 1. The first-order valence-corrected chi connectivity index (χ1v) is 7.96. The van der Waals surface area contributed by atoms with Crippen LogP contribution in [0.2, 0.25) is 6.82 Å². The Bertz CT molecular complexity index is 627. The van der Waals surface area contributed by atoms with Gasteiger partial charge in [-0.1, -0.05) is 6.82 Å². The summed E-state index contributed by atoms with van der Waals surface area (Å²) in [5.41, 5.74) is 7.03. The second-order valence-electron chi connectivity index (χ2n) is 4.73. The molecule has 3 heterocycles. The normalized spacial score (nSPS) is 23.5. The van der Waals surface area contributed by atoms with Crippen LogP contribution in [-0.2, 0) is 9.26 Å². The van der Waals surface area contributed by atoms with Gasteiger partial charge in [-0.2, -0.15) is 0 Å². The van der Waals surface area contributed by atoms with Crippen molar-refractivity contribution in [3.63, 3.8) is 0 Å². The quantitative estimate of drug-likeness (QED) is 0.628. The summed E-state index contributed by atoms with van der Waals surface area (Å²) in [5, 5.41) is 0. The molecule has 1 aliphatic rings. The van der Waals surface area contributed by atoms with E-state index in [1.807, 2.05) is 4.57 Å². The molecule has 0 spiro atoms. The van der Waals surface area contributed by atoms with Crippen molar-refractivity contribution in [2.24, 2.45) is 0 Å². The van der Waals surface area contributed by atoms with Gasteiger partial charge in [-0.05, 0) is 12.8 Å². The lowest BCUT2D eigenvalue weighted by Gasteiger charge is -2.16. The molecule has 1 aliphatic heterocycles. The molecule has 111 valence electrons. The number of hydrogen-bond acceptors (Lipinski definition) is 7. The van der Waals surface area contributed by atoms with Crippen LogP contribution in [0, 0.1) is 0 Å². The average molecular weight is 308 g/mol. The first-order chi connectivity index (χ1) is 10.2. The standard InChI is InChI=1S/C11H16BN5O3P/c1-12-21(18)19-4-7-2-3-8(20-7)17-6-16-9-10(13)14-5-15-11(9)17/h5-8,18H,2-4H2,1H3,(H2,13,14,15). The van der Waals surface area contributed by atoms with Crippen molar-refractivity contribution in [1.29, 1.82) is 0 Å². The van der Waals surface area contributed by atoms with Crippen LogP contribution < -0.4 is 5.73 Å². The van der Waals surface area contributed by atoms with Gasteiger partial charge in [0.25, 0.3) is 0 Å². The van der Waals surface area contributed by atoms with Crippen molar-refractivity contribution in [3.8, 4) is 0 Å². The number of imidazole rings is 1. The van der Waals surface area contributed by atoms with Gasteiger partial charge in [-0.15, -0.1) is 0 Å². The Balaban J connectivity index is 1.69. The molecule has 3 rings (SSSR count). The topological polar surface area (TPSA) is 108 Å². The summed E-state index contributed by atoms with van der Waals surface area (Å²) < 4.78 is 13.1. The van der Waals surface area contributed by atoms with Crippen molar-refractivity contribution >= 4 is 32.2 Å². The van der Waals surface area contributed by atoms with Crippen LogP contribution >= 0.6 is 8.25 Å². The summed E-state index contributed by atoms with van der Waals surface area (Å²) in [6.45, 7) is 3.80. The molecule has 3 atom stereocenters. The molecular weight excluding hydrogens is 292 g/mol. The van der Waals surface area contributed by atoms with Crippen LogP contribution in [0.3, 0.4) is 0 Å². The maximum absolute atomic E-state index is 9.43. The van der Waals surface area contributed by atoms with Gasteiger partial charge in [0.05, 0.1) is 19.0 Å². The smallest absolute Gasteiger partial charge is 0.217 e. The highest BCUT2D eigenvalue weighted by molar-refractivity contribution is 7.77. The summed E-state index contributed by atoms with van der Waals surface area (Å²) in [5.74, 6) is 0.362. The maximum atomic E-state index is 9.43. The molecule has 2 aromatic heterocycles. The molecule has 21 heavy (non-hydrogen) atoms. The third kappa shape index (κ3) is 3.01. The highest BCUT2D eigenvalue weighted by Crippen LogP contribution is 2.34. The van der Waals surface area contributed by atoms with Crippen LogP contribution in [0.4, 0.5) is 5.82 Å². The summed E-state index contributed by atoms with van der Waals surface area (Å²) >= 11 is 0. The molecule has 8 nitrogen and oxygen atoms in total. The molecule has 0 aromatic carbocycles. The van der Waals surface area contributed by atoms with Gasteiger partial charge in [0.1, 0.15) is 26.3 Å². The van der Waals surface area contributed by atoms with Gasteiger partial charge < -0.3 is 19.9 Å². The van der Waals surface area contributed by atoms with Crippen LogP contribution in [0.25, 0.3) is 11.2 Å². The third-order valence-corrected chi connectivity index (χ3v) is 4.25. The Labute approximate surface area is 123 Å². The number of nitrogens with two attached hydrogens (primary N) is 1. The van der Waals surface area contributed by atoms with Crippen LogP contribution in [0.5, 0.6) is 0 Å². The Kier molecular flexibility index (Phi) is 4.35. The van der Waals surface area contributed by atoms with E-state index in [2.05, 4.69) is 15.0 Å². The fourth-order valence-corrected chi connectivity index (χ4v) is 2.80. The van der Waals surface area contributed by atoms with Gasteiger partial charge in [-0.3, -0.25) is 4.57 Å². The Morgan fingerprint density at radius 1 is 1.52 bits per heavy atom. The Hall–Kier alpha value is -1.28.